The number of carboxylic acid groups (broad SMARTS) is 1. The van der Waals surface area contributed by atoms with Crippen molar-refractivity contribution < 1.29 is 14.7 Å². The lowest BCUT2D eigenvalue weighted by Crippen LogP contribution is -2.47. The van der Waals surface area contributed by atoms with E-state index in [4.69, 9.17) is 5.73 Å². The zero-order valence-electron chi connectivity index (χ0n) is 12.0. The summed E-state index contributed by atoms with van der Waals surface area (Å²) in [6.45, 7) is 4.44. The SMILES string of the molecule is CC(C)(CCC1CC1)N(CCCCC(N)=O)C(=O)O. The smallest absolute Gasteiger partial charge is 0.407 e. The van der Waals surface area contributed by atoms with Gasteiger partial charge in [0.15, 0.2) is 0 Å². The van der Waals surface area contributed by atoms with Crippen LogP contribution < -0.4 is 5.73 Å². The van der Waals surface area contributed by atoms with E-state index < -0.39 is 6.09 Å². The standard InChI is InChI=1S/C14H26N2O3/c1-14(2,9-8-11-6-7-11)16(13(18)19)10-4-3-5-12(15)17/h11H,3-10H2,1-2H3,(H2,15,17)(H,18,19). The molecule has 0 aromatic rings. The van der Waals surface area contributed by atoms with Gasteiger partial charge in [-0.2, -0.15) is 0 Å². The molecule has 0 heterocycles. The van der Waals surface area contributed by atoms with E-state index >= 15 is 0 Å². The largest absolute Gasteiger partial charge is 0.465 e. The number of primary amides is 1. The van der Waals surface area contributed by atoms with Gasteiger partial charge in [0.05, 0.1) is 0 Å². The fraction of sp³-hybridized carbons (Fsp3) is 0.857. The normalized spacial score (nSPS) is 15.3. The monoisotopic (exact) mass is 270 g/mol. The number of hydrogen-bond acceptors (Lipinski definition) is 2. The molecule has 1 aliphatic rings. The van der Waals surface area contributed by atoms with E-state index in [9.17, 15) is 14.7 Å². The van der Waals surface area contributed by atoms with Crippen molar-refractivity contribution in [3.05, 3.63) is 0 Å². The summed E-state index contributed by atoms with van der Waals surface area (Å²) in [6.07, 6.45) is 5.39. The Morgan fingerprint density at radius 2 is 1.95 bits per heavy atom. The molecule has 2 amide bonds. The van der Waals surface area contributed by atoms with Gasteiger partial charge in [-0.1, -0.05) is 12.8 Å². The van der Waals surface area contributed by atoms with Crippen molar-refractivity contribution in [3.8, 4) is 0 Å². The zero-order chi connectivity index (χ0) is 14.5. The molecule has 110 valence electrons. The Morgan fingerprint density at radius 1 is 1.32 bits per heavy atom. The second kappa shape index (κ2) is 6.78. The third-order valence-corrected chi connectivity index (χ3v) is 3.88. The van der Waals surface area contributed by atoms with Gasteiger partial charge in [-0.25, -0.2) is 4.79 Å². The quantitative estimate of drug-likeness (QED) is 0.632. The second-order valence-electron chi connectivity index (χ2n) is 6.15. The van der Waals surface area contributed by atoms with Crippen molar-refractivity contribution in [1.29, 1.82) is 0 Å². The number of hydrogen-bond donors (Lipinski definition) is 2. The molecular formula is C14H26N2O3. The van der Waals surface area contributed by atoms with Crippen LogP contribution in [-0.2, 0) is 4.79 Å². The maximum absolute atomic E-state index is 11.4. The van der Waals surface area contributed by atoms with E-state index in [1.54, 1.807) is 0 Å². The zero-order valence-corrected chi connectivity index (χ0v) is 12.0. The molecule has 19 heavy (non-hydrogen) atoms. The molecule has 1 rings (SSSR count). The van der Waals surface area contributed by atoms with Crippen LogP contribution in [0.2, 0.25) is 0 Å². The Morgan fingerprint density at radius 3 is 2.42 bits per heavy atom. The third-order valence-electron chi connectivity index (χ3n) is 3.88. The van der Waals surface area contributed by atoms with Crippen LogP contribution in [0, 0.1) is 5.92 Å². The van der Waals surface area contributed by atoms with Crippen molar-refractivity contribution in [3.63, 3.8) is 0 Å². The average Bonchev–Trinajstić information content (AvgIpc) is 3.08. The topological polar surface area (TPSA) is 83.6 Å². The van der Waals surface area contributed by atoms with Crippen molar-refractivity contribution in [2.24, 2.45) is 11.7 Å². The summed E-state index contributed by atoms with van der Waals surface area (Å²) in [6, 6.07) is 0. The van der Waals surface area contributed by atoms with Crippen LogP contribution in [-0.4, -0.2) is 34.1 Å². The predicted octanol–water partition coefficient (Wildman–Crippen LogP) is 2.59. The first-order valence-corrected chi connectivity index (χ1v) is 7.12. The predicted molar refractivity (Wildman–Crippen MR) is 73.8 cm³/mol. The Kier molecular flexibility index (Phi) is 5.63. The summed E-state index contributed by atoms with van der Waals surface area (Å²) in [5.41, 5.74) is 4.74. The fourth-order valence-electron chi connectivity index (χ4n) is 2.33. The minimum absolute atomic E-state index is 0.324. The summed E-state index contributed by atoms with van der Waals surface area (Å²) in [5.74, 6) is 0.486. The lowest BCUT2D eigenvalue weighted by atomic mass is 9.94. The van der Waals surface area contributed by atoms with Gasteiger partial charge in [-0.05, 0) is 45.4 Å². The van der Waals surface area contributed by atoms with E-state index in [0.717, 1.165) is 18.8 Å². The van der Waals surface area contributed by atoms with Crippen LogP contribution in [0.15, 0.2) is 0 Å². The molecule has 1 fully saturated rings. The highest BCUT2D eigenvalue weighted by Crippen LogP contribution is 2.36. The first kappa shape index (κ1) is 15.8. The molecule has 0 spiro atoms. The highest BCUT2D eigenvalue weighted by atomic mass is 16.4. The summed E-state index contributed by atoms with van der Waals surface area (Å²) < 4.78 is 0. The van der Waals surface area contributed by atoms with Gasteiger partial charge in [0.25, 0.3) is 0 Å². The summed E-state index contributed by atoms with van der Waals surface area (Å²) in [7, 11) is 0. The summed E-state index contributed by atoms with van der Waals surface area (Å²) >= 11 is 0. The molecule has 1 saturated carbocycles. The van der Waals surface area contributed by atoms with Gasteiger partial charge in [0.1, 0.15) is 0 Å². The Hall–Kier alpha value is -1.26. The van der Waals surface area contributed by atoms with Crippen molar-refractivity contribution in [2.75, 3.05) is 6.54 Å². The second-order valence-corrected chi connectivity index (χ2v) is 6.15. The van der Waals surface area contributed by atoms with Crippen molar-refractivity contribution >= 4 is 12.0 Å². The minimum atomic E-state index is -0.875. The van der Waals surface area contributed by atoms with Crippen LogP contribution in [0.3, 0.4) is 0 Å². The first-order valence-electron chi connectivity index (χ1n) is 7.12. The molecule has 5 nitrogen and oxygen atoms in total. The van der Waals surface area contributed by atoms with Crippen molar-refractivity contribution in [2.45, 2.75) is 64.3 Å². The summed E-state index contributed by atoms with van der Waals surface area (Å²) in [4.78, 5) is 23.5. The average molecular weight is 270 g/mol. The van der Waals surface area contributed by atoms with Crippen LogP contribution in [0.5, 0.6) is 0 Å². The maximum Gasteiger partial charge on any atom is 0.407 e. The maximum atomic E-state index is 11.4. The van der Waals surface area contributed by atoms with Crippen LogP contribution in [0.1, 0.15) is 58.8 Å². The molecule has 0 bridgehead atoms. The molecule has 3 N–H and O–H groups in total. The van der Waals surface area contributed by atoms with E-state index in [0.29, 0.717) is 25.8 Å². The molecule has 1 aliphatic carbocycles. The molecule has 0 aromatic heterocycles. The van der Waals surface area contributed by atoms with E-state index in [-0.39, 0.29) is 11.4 Å². The minimum Gasteiger partial charge on any atom is -0.465 e. The molecule has 0 aromatic carbocycles. The Bertz CT molecular complexity index is 325. The number of unbranched alkanes of at least 4 members (excludes halogenated alkanes) is 1. The molecule has 0 saturated heterocycles. The highest BCUT2D eigenvalue weighted by molar-refractivity contribution is 5.73. The molecule has 0 atom stereocenters. The van der Waals surface area contributed by atoms with Gasteiger partial charge < -0.3 is 15.7 Å². The number of carbonyl (C=O) groups excluding carboxylic acids is 1. The lowest BCUT2D eigenvalue weighted by molar-refractivity contribution is -0.118. The van der Waals surface area contributed by atoms with Crippen LogP contribution in [0.4, 0.5) is 4.79 Å². The Labute approximate surface area is 115 Å². The summed E-state index contributed by atoms with van der Waals surface area (Å²) in [5, 5.41) is 9.33. The molecular weight excluding hydrogens is 244 g/mol. The number of nitrogens with two attached hydrogens (primary N) is 1. The van der Waals surface area contributed by atoms with E-state index in [1.165, 1.54) is 17.7 Å². The number of rotatable bonds is 9. The number of amides is 2. The van der Waals surface area contributed by atoms with Gasteiger partial charge in [-0.3, -0.25) is 4.79 Å². The number of nitrogens with zero attached hydrogens (tertiary/aromatic N) is 1. The third kappa shape index (κ3) is 5.94. The molecule has 0 unspecified atom stereocenters. The van der Waals surface area contributed by atoms with Crippen molar-refractivity contribution in [1.82, 2.24) is 4.90 Å². The van der Waals surface area contributed by atoms with Gasteiger partial charge >= 0.3 is 6.09 Å². The number of carbonyl (C=O) groups is 2. The molecule has 5 heteroatoms. The fourth-order valence-corrected chi connectivity index (χ4v) is 2.33. The van der Waals surface area contributed by atoms with Gasteiger partial charge in [0, 0.05) is 18.5 Å². The lowest BCUT2D eigenvalue weighted by Gasteiger charge is -2.37. The molecule has 0 radical (unpaired) electrons. The highest BCUT2D eigenvalue weighted by Gasteiger charge is 2.32. The molecule has 0 aliphatic heterocycles. The Balaban J connectivity index is 2.39. The van der Waals surface area contributed by atoms with Gasteiger partial charge in [-0.15, -0.1) is 0 Å². The van der Waals surface area contributed by atoms with Gasteiger partial charge in [0.2, 0.25) is 5.91 Å². The van der Waals surface area contributed by atoms with E-state index in [2.05, 4.69) is 0 Å². The first-order chi connectivity index (χ1) is 8.83. The van der Waals surface area contributed by atoms with Crippen LogP contribution >= 0.6 is 0 Å². The van der Waals surface area contributed by atoms with Crippen LogP contribution in [0.25, 0.3) is 0 Å². The van der Waals surface area contributed by atoms with E-state index in [1.807, 2.05) is 13.8 Å².